The number of rotatable bonds is 4. The monoisotopic (exact) mass is 287 g/mol. The molecule has 5 nitrogen and oxygen atoms in total. The zero-order valence-corrected chi connectivity index (χ0v) is 11.6. The second kappa shape index (κ2) is 6.47. The number of pyridine rings is 1. The quantitative estimate of drug-likeness (QED) is 0.825. The molecule has 19 heavy (non-hydrogen) atoms. The topological polar surface area (TPSA) is 71.1 Å². The van der Waals surface area contributed by atoms with Gasteiger partial charge in [-0.25, -0.2) is 9.37 Å². The van der Waals surface area contributed by atoms with Crippen molar-refractivity contribution in [3.63, 3.8) is 0 Å². The molecule has 0 aliphatic heterocycles. The number of nitrogens with one attached hydrogen (secondary N) is 2. The summed E-state index contributed by atoms with van der Waals surface area (Å²) < 4.78 is 13.0. The van der Waals surface area contributed by atoms with Gasteiger partial charge in [0.2, 0.25) is 5.91 Å². The highest BCUT2D eigenvalue weighted by molar-refractivity contribution is 6.32. The van der Waals surface area contributed by atoms with E-state index in [2.05, 4.69) is 15.6 Å². The number of nitrogens with zero attached hydrogens (tertiary/aromatic N) is 1. The van der Waals surface area contributed by atoms with Gasteiger partial charge in [-0.3, -0.25) is 9.59 Å². The van der Waals surface area contributed by atoms with Crippen LogP contribution in [0.25, 0.3) is 0 Å². The third-order valence-electron chi connectivity index (χ3n) is 2.22. The zero-order valence-electron chi connectivity index (χ0n) is 10.8. The molecule has 7 heteroatoms. The predicted molar refractivity (Wildman–Crippen MR) is 69.4 cm³/mol. The van der Waals surface area contributed by atoms with Gasteiger partial charge < -0.3 is 10.6 Å². The molecule has 0 saturated heterocycles. The maximum absolute atomic E-state index is 13.0. The first kappa shape index (κ1) is 15.4. The van der Waals surface area contributed by atoms with E-state index in [1.54, 1.807) is 13.8 Å². The Morgan fingerprint density at radius 2 is 1.95 bits per heavy atom. The van der Waals surface area contributed by atoms with Gasteiger partial charge in [0.05, 0.1) is 11.8 Å². The Morgan fingerprint density at radius 3 is 2.53 bits per heavy atom. The number of carbonyl (C=O) groups excluding carboxylic acids is 2. The van der Waals surface area contributed by atoms with Gasteiger partial charge >= 0.3 is 0 Å². The van der Waals surface area contributed by atoms with Crippen molar-refractivity contribution in [2.24, 2.45) is 0 Å². The Kier molecular flexibility index (Phi) is 5.23. The lowest BCUT2D eigenvalue weighted by Gasteiger charge is -2.16. The highest BCUT2D eigenvalue weighted by Crippen LogP contribution is 2.13. The lowest BCUT2D eigenvalue weighted by molar-refractivity contribution is -0.123. The molecule has 0 fully saturated rings. The third-order valence-corrected chi connectivity index (χ3v) is 2.52. The van der Waals surface area contributed by atoms with Crippen LogP contribution in [0.5, 0.6) is 0 Å². The summed E-state index contributed by atoms with van der Waals surface area (Å²) in [4.78, 5) is 27.0. The summed E-state index contributed by atoms with van der Waals surface area (Å²) in [6.07, 6.45) is 0.911. The zero-order chi connectivity index (χ0) is 14.6. The molecule has 0 bridgehead atoms. The molecule has 104 valence electrons. The van der Waals surface area contributed by atoms with E-state index in [0.717, 1.165) is 12.3 Å². The number of halogens is 2. The number of carbonyl (C=O) groups is 2. The molecule has 1 aromatic rings. The summed E-state index contributed by atoms with van der Waals surface area (Å²) >= 11 is 5.70. The fraction of sp³-hybridized carbons (Fsp3) is 0.417. The van der Waals surface area contributed by atoms with Crippen LogP contribution < -0.4 is 10.6 Å². The molecular weight excluding hydrogens is 273 g/mol. The predicted octanol–water partition coefficient (Wildman–Crippen LogP) is 1.52. The van der Waals surface area contributed by atoms with E-state index in [4.69, 9.17) is 11.6 Å². The normalized spacial score (nSPS) is 12.1. The molecule has 2 N–H and O–H groups in total. The summed E-state index contributed by atoms with van der Waals surface area (Å²) in [5.41, 5.74) is -0.106. The van der Waals surface area contributed by atoms with E-state index in [1.807, 2.05) is 0 Å². The summed E-state index contributed by atoms with van der Waals surface area (Å²) in [7, 11) is 0. The molecule has 1 heterocycles. The van der Waals surface area contributed by atoms with Gasteiger partial charge in [-0.1, -0.05) is 11.6 Å². The van der Waals surface area contributed by atoms with E-state index in [9.17, 15) is 14.0 Å². The van der Waals surface area contributed by atoms with E-state index in [0.29, 0.717) is 0 Å². The molecule has 0 spiro atoms. The van der Waals surface area contributed by atoms with Crippen LogP contribution in [0, 0.1) is 5.82 Å². The molecule has 1 unspecified atom stereocenters. The Morgan fingerprint density at radius 1 is 1.32 bits per heavy atom. The second-order valence-corrected chi connectivity index (χ2v) is 4.71. The maximum atomic E-state index is 13.0. The molecule has 1 atom stereocenters. The molecule has 0 aliphatic carbocycles. The van der Waals surface area contributed by atoms with Crippen molar-refractivity contribution in [2.45, 2.75) is 32.9 Å². The Bertz CT molecular complexity index is 494. The molecule has 0 radical (unpaired) electrons. The van der Waals surface area contributed by atoms with E-state index in [1.165, 1.54) is 6.92 Å². The summed E-state index contributed by atoms with van der Waals surface area (Å²) in [5, 5.41) is 4.96. The molecule has 0 aliphatic rings. The first-order valence-electron chi connectivity index (χ1n) is 5.73. The molecule has 1 rings (SSSR count). The van der Waals surface area contributed by atoms with Crippen molar-refractivity contribution in [3.05, 3.63) is 28.8 Å². The van der Waals surface area contributed by atoms with Crippen molar-refractivity contribution in [2.75, 3.05) is 0 Å². The summed E-state index contributed by atoms with van der Waals surface area (Å²) in [6, 6.07) is 0.179. The first-order chi connectivity index (χ1) is 8.81. The van der Waals surface area contributed by atoms with Crippen molar-refractivity contribution < 1.29 is 14.0 Å². The minimum Gasteiger partial charge on any atom is -0.352 e. The van der Waals surface area contributed by atoms with Crippen LogP contribution in [-0.4, -0.2) is 28.9 Å². The highest BCUT2D eigenvalue weighted by Gasteiger charge is 2.19. The van der Waals surface area contributed by atoms with Gasteiger partial charge in [-0.15, -0.1) is 0 Å². The summed E-state index contributed by atoms with van der Waals surface area (Å²) in [6.45, 7) is 5.13. The van der Waals surface area contributed by atoms with Crippen LogP contribution in [0.2, 0.25) is 5.15 Å². The Balaban J connectivity index is 2.74. The van der Waals surface area contributed by atoms with Gasteiger partial charge in [0, 0.05) is 6.04 Å². The second-order valence-electron chi connectivity index (χ2n) is 4.35. The molecular formula is C12H15ClFN3O2. The number of amides is 2. The smallest absolute Gasteiger partial charge is 0.255 e. The minimum absolute atomic E-state index is 0.0359. The van der Waals surface area contributed by atoms with Crippen molar-refractivity contribution in [1.29, 1.82) is 0 Å². The fourth-order valence-electron chi connectivity index (χ4n) is 1.33. The van der Waals surface area contributed by atoms with E-state index < -0.39 is 17.8 Å². The van der Waals surface area contributed by atoms with Crippen molar-refractivity contribution >= 4 is 23.4 Å². The number of hydrogen-bond donors (Lipinski definition) is 2. The Hall–Kier alpha value is -1.69. The van der Waals surface area contributed by atoms with Gasteiger partial charge in [-0.2, -0.15) is 0 Å². The lowest BCUT2D eigenvalue weighted by Crippen LogP contribution is -2.46. The average molecular weight is 288 g/mol. The van der Waals surface area contributed by atoms with Gasteiger partial charge in [0.25, 0.3) is 5.91 Å². The molecule has 1 aromatic heterocycles. The maximum Gasteiger partial charge on any atom is 0.255 e. The molecule has 0 aromatic carbocycles. The average Bonchev–Trinajstić information content (AvgIpc) is 2.31. The van der Waals surface area contributed by atoms with Crippen LogP contribution in [0.3, 0.4) is 0 Å². The Labute approximate surface area is 115 Å². The largest absolute Gasteiger partial charge is 0.352 e. The van der Waals surface area contributed by atoms with Gasteiger partial charge in [-0.05, 0) is 26.8 Å². The van der Waals surface area contributed by atoms with Crippen molar-refractivity contribution in [1.82, 2.24) is 15.6 Å². The van der Waals surface area contributed by atoms with Crippen molar-refractivity contribution in [3.8, 4) is 0 Å². The van der Waals surface area contributed by atoms with E-state index in [-0.39, 0.29) is 22.7 Å². The number of hydrogen-bond acceptors (Lipinski definition) is 3. The molecule has 2 amide bonds. The van der Waals surface area contributed by atoms with Crippen LogP contribution in [0.4, 0.5) is 4.39 Å². The third kappa shape index (κ3) is 4.48. The van der Waals surface area contributed by atoms with E-state index >= 15 is 0 Å². The summed E-state index contributed by atoms with van der Waals surface area (Å²) in [5.74, 6) is -1.65. The first-order valence-corrected chi connectivity index (χ1v) is 6.11. The van der Waals surface area contributed by atoms with Crippen LogP contribution in [0.15, 0.2) is 12.3 Å². The van der Waals surface area contributed by atoms with Crippen LogP contribution in [-0.2, 0) is 4.79 Å². The molecule has 0 saturated carbocycles. The minimum atomic E-state index is -0.755. The van der Waals surface area contributed by atoms with Crippen LogP contribution in [0.1, 0.15) is 31.1 Å². The SMILES string of the molecule is CC(C)NC(=O)C(C)NC(=O)c1cc(F)cnc1Cl. The standard InChI is InChI=1S/C12H15ClFN3O2/c1-6(2)16-11(18)7(3)17-12(19)9-4-8(14)5-15-10(9)13/h4-7H,1-3H3,(H,16,18)(H,17,19). The number of aromatic nitrogens is 1. The fourth-order valence-corrected chi connectivity index (χ4v) is 1.52. The van der Waals surface area contributed by atoms with Crippen LogP contribution >= 0.6 is 11.6 Å². The lowest BCUT2D eigenvalue weighted by atomic mass is 10.2. The van der Waals surface area contributed by atoms with Gasteiger partial charge in [0.1, 0.15) is 17.0 Å². The van der Waals surface area contributed by atoms with Gasteiger partial charge in [0.15, 0.2) is 0 Å². The highest BCUT2D eigenvalue weighted by atomic mass is 35.5.